The predicted molar refractivity (Wildman–Crippen MR) is 99.8 cm³/mol. The lowest BCUT2D eigenvalue weighted by atomic mass is 10.2. The van der Waals surface area contributed by atoms with Gasteiger partial charge in [0, 0.05) is 17.0 Å². The highest BCUT2D eigenvalue weighted by molar-refractivity contribution is 8.00. The molecule has 1 unspecified atom stereocenters. The van der Waals surface area contributed by atoms with Crippen LogP contribution in [0, 0.1) is 0 Å². The lowest BCUT2D eigenvalue weighted by molar-refractivity contribution is -0.115. The Balaban J connectivity index is 1.71. The molecule has 1 aliphatic rings. The van der Waals surface area contributed by atoms with Crippen molar-refractivity contribution in [3.8, 4) is 5.75 Å². The molecule has 7 heteroatoms. The third-order valence-corrected chi connectivity index (χ3v) is 4.99. The number of anilines is 1. The van der Waals surface area contributed by atoms with Gasteiger partial charge in [0.05, 0.1) is 16.5 Å². The molecule has 2 amide bonds. The molecule has 134 valence electrons. The Morgan fingerprint density at radius 2 is 1.85 bits per heavy atom. The first-order valence-electron chi connectivity index (χ1n) is 8.20. The fraction of sp³-hybridized carbons (Fsp3) is 0.211. The van der Waals surface area contributed by atoms with E-state index in [0.717, 1.165) is 4.90 Å². The van der Waals surface area contributed by atoms with Crippen LogP contribution < -0.4 is 15.4 Å². The molecule has 0 radical (unpaired) electrons. The van der Waals surface area contributed by atoms with Crippen LogP contribution in [-0.2, 0) is 4.79 Å². The van der Waals surface area contributed by atoms with Crippen molar-refractivity contribution in [1.82, 2.24) is 5.32 Å². The van der Waals surface area contributed by atoms with E-state index >= 15 is 0 Å². The van der Waals surface area contributed by atoms with E-state index in [9.17, 15) is 14.4 Å². The third-order valence-electron chi connectivity index (χ3n) is 3.81. The van der Waals surface area contributed by atoms with Crippen molar-refractivity contribution in [3.63, 3.8) is 0 Å². The monoisotopic (exact) mass is 370 g/mol. The van der Waals surface area contributed by atoms with Crippen molar-refractivity contribution < 1.29 is 19.1 Å². The topological polar surface area (TPSA) is 84.5 Å². The van der Waals surface area contributed by atoms with Gasteiger partial charge in [-0.25, -0.2) is 4.79 Å². The molecule has 1 aliphatic heterocycles. The second kappa shape index (κ2) is 7.61. The molecule has 0 fully saturated rings. The van der Waals surface area contributed by atoms with Gasteiger partial charge < -0.3 is 15.4 Å². The number of fused-ring (bicyclic) bond motifs is 1. The van der Waals surface area contributed by atoms with Gasteiger partial charge in [0.2, 0.25) is 5.91 Å². The number of benzene rings is 2. The average molecular weight is 370 g/mol. The first kappa shape index (κ1) is 18.0. The van der Waals surface area contributed by atoms with Crippen molar-refractivity contribution >= 4 is 35.2 Å². The van der Waals surface area contributed by atoms with E-state index in [2.05, 4.69) is 10.6 Å². The summed E-state index contributed by atoms with van der Waals surface area (Å²) in [5, 5.41) is 5.33. The zero-order valence-electron chi connectivity index (χ0n) is 14.4. The van der Waals surface area contributed by atoms with Gasteiger partial charge >= 0.3 is 5.97 Å². The first-order valence-corrected chi connectivity index (χ1v) is 9.08. The van der Waals surface area contributed by atoms with Gasteiger partial charge in [-0.3, -0.25) is 9.59 Å². The Bertz CT molecular complexity index is 864. The normalized spacial score (nSPS) is 15.6. The number of ether oxygens (including phenoxy) is 1. The average Bonchev–Trinajstić information content (AvgIpc) is 2.63. The van der Waals surface area contributed by atoms with Crippen LogP contribution in [-0.4, -0.2) is 29.6 Å². The number of amides is 2. The van der Waals surface area contributed by atoms with Crippen molar-refractivity contribution in [3.05, 3.63) is 53.6 Å². The molecular formula is C19H18N2O4S. The van der Waals surface area contributed by atoms with Gasteiger partial charge in [0.25, 0.3) is 5.91 Å². The van der Waals surface area contributed by atoms with Crippen molar-refractivity contribution in [1.29, 1.82) is 0 Å². The molecule has 0 bridgehead atoms. The standard InChI is InChI=1S/C19H18N2O4S/c1-3-20-18(23)12-4-7-14(8-5-12)25-19(24)13-6-9-16-15(10-13)21-17(22)11(2)26-16/h4-11H,3H2,1-2H3,(H,20,23)(H,21,22). The SMILES string of the molecule is CCNC(=O)c1ccc(OC(=O)c2ccc3c(c2)NC(=O)C(C)S3)cc1. The summed E-state index contributed by atoms with van der Waals surface area (Å²) in [5.41, 5.74) is 1.44. The second-order valence-electron chi connectivity index (χ2n) is 5.73. The Morgan fingerprint density at radius 3 is 2.54 bits per heavy atom. The molecule has 3 rings (SSSR count). The highest BCUT2D eigenvalue weighted by atomic mass is 32.2. The quantitative estimate of drug-likeness (QED) is 0.638. The van der Waals surface area contributed by atoms with Crippen LogP contribution in [0.25, 0.3) is 0 Å². The van der Waals surface area contributed by atoms with Crippen LogP contribution in [0.2, 0.25) is 0 Å². The molecule has 26 heavy (non-hydrogen) atoms. The lowest BCUT2D eigenvalue weighted by Crippen LogP contribution is -2.26. The summed E-state index contributed by atoms with van der Waals surface area (Å²) < 4.78 is 5.34. The van der Waals surface area contributed by atoms with Crippen LogP contribution in [0.1, 0.15) is 34.6 Å². The Morgan fingerprint density at radius 1 is 1.15 bits per heavy atom. The molecule has 2 aromatic rings. The van der Waals surface area contributed by atoms with Crippen molar-refractivity contribution in [2.24, 2.45) is 0 Å². The maximum atomic E-state index is 12.3. The number of carbonyl (C=O) groups excluding carboxylic acids is 3. The Kier molecular flexibility index (Phi) is 5.27. The van der Waals surface area contributed by atoms with Crippen molar-refractivity contribution in [2.75, 3.05) is 11.9 Å². The van der Waals surface area contributed by atoms with E-state index in [1.165, 1.54) is 11.8 Å². The lowest BCUT2D eigenvalue weighted by Gasteiger charge is -2.21. The summed E-state index contributed by atoms with van der Waals surface area (Å²) in [5.74, 6) is -0.458. The predicted octanol–water partition coefficient (Wildman–Crippen LogP) is 3.09. The molecule has 0 saturated heterocycles. The minimum absolute atomic E-state index is 0.0889. The number of carbonyl (C=O) groups is 3. The molecule has 1 atom stereocenters. The molecule has 2 aromatic carbocycles. The van der Waals surface area contributed by atoms with Gasteiger partial charge in [-0.15, -0.1) is 11.8 Å². The molecule has 0 spiro atoms. The molecule has 0 aliphatic carbocycles. The number of hydrogen-bond acceptors (Lipinski definition) is 5. The summed E-state index contributed by atoms with van der Waals surface area (Å²) in [7, 11) is 0. The summed E-state index contributed by atoms with van der Waals surface area (Å²) >= 11 is 1.45. The number of thioether (sulfide) groups is 1. The van der Waals surface area contributed by atoms with E-state index in [0.29, 0.717) is 29.1 Å². The van der Waals surface area contributed by atoms with Gasteiger partial charge in [-0.05, 0) is 56.3 Å². The molecule has 0 saturated carbocycles. The number of nitrogens with one attached hydrogen (secondary N) is 2. The number of hydrogen-bond donors (Lipinski definition) is 2. The smallest absolute Gasteiger partial charge is 0.343 e. The zero-order valence-corrected chi connectivity index (χ0v) is 15.2. The highest BCUT2D eigenvalue weighted by Crippen LogP contribution is 2.36. The van der Waals surface area contributed by atoms with E-state index in [1.807, 2.05) is 13.8 Å². The first-order chi connectivity index (χ1) is 12.5. The van der Waals surface area contributed by atoms with E-state index in [-0.39, 0.29) is 17.1 Å². The van der Waals surface area contributed by atoms with Gasteiger partial charge in [-0.2, -0.15) is 0 Å². The Labute approximate surface area is 155 Å². The minimum atomic E-state index is -0.531. The molecule has 6 nitrogen and oxygen atoms in total. The van der Waals surface area contributed by atoms with E-state index in [4.69, 9.17) is 4.74 Å². The minimum Gasteiger partial charge on any atom is -0.423 e. The van der Waals surface area contributed by atoms with Gasteiger partial charge in [-0.1, -0.05) is 0 Å². The zero-order chi connectivity index (χ0) is 18.7. The highest BCUT2D eigenvalue weighted by Gasteiger charge is 2.24. The largest absolute Gasteiger partial charge is 0.423 e. The molecule has 1 heterocycles. The van der Waals surface area contributed by atoms with Crippen LogP contribution in [0.3, 0.4) is 0 Å². The summed E-state index contributed by atoms with van der Waals surface area (Å²) in [4.78, 5) is 36.8. The maximum absolute atomic E-state index is 12.3. The van der Waals surface area contributed by atoms with Gasteiger partial charge in [0.1, 0.15) is 5.75 Å². The van der Waals surface area contributed by atoms with E-state index in [1.54, 1.807) is 42.5 Å². The fourth-order valence-corrected chi connectivity index (χ4v) is 3.37. The summed E-state index contributed by atoms with van der Waals surface area (Å²) in [6.07, 6.45) is 0. The van der Waals surface area contributed by atoms with Crippen LogP contribution >= 0.6 is 11.8 Å². The van der Waals surface area contributed by atoms with Crippen molar-refractivity contribution in [2.45, 2.75) is 24.0 Å². The van der Waals surface area contributed by atoms with Crippen LogP contribution in [0.4, 0.5) is 5.69 Å². The number of esters is 1. The molecule has 2 N–H and O–H groups in total. The molecular weight excluding hydrogens is 352 g/mol. The fourth-order valence-electron chi connectivity index (χ4n) is 2.44. The summed E-state index contributed by atoms with van der Waals surface area (Å²) in [6, 6.07) is 11.4. The second-order valence-corrected chi connectivity index (χ2v) is 7.12. The Hall–Kier alpha value is -2.80. The van der Waals surface area contributed by atoms with E-state index < -0.39 is 5.97 Å². The van der Waals surface area contributed by atoms with Crippen LogP contribution in [0.15, 0.2) is 47.4 Å². The van der Waals surface area contributed by atoms with Gasteiger partial charge in [0.15, 0.2) is 0 Å². The maximum Gasteiger partial charge on any atom is 0.343 e. The summed E-state index contributed by atoms with van der Waals surface area (Å²) in [6.45, 7) is 4.21. The third kappa shape index (κ3) is 3.88. The number of rotatable bonds is 4. The van der Waals surface area contributed by atoms with Crippen LogP contribution in [0.5, 0.6) is 5.75 Å². The molecule has 0 aromatic heterocycles.